The van der Waals surface area contributed by atoms with Crippen LogP contribution in [-0.2, 0) is 19.3 Å². The van der Waals surface area contributed by atoms with Crippen LogP contribution in [-0.4, -0.2) is 0 Å². The summed E-state index contributed by atoms with van der Waals surface area (Å²) >= 11 is 5.91. The Hall–Kier alpha value is -2.19. The van der Waals surface area contributed by atoms with Gasteiger partial charge in [0.1, 0.15) is 11.6 Å². The second-order valence-electron chi connectivity index (χ2n) is 7.18. The Morgan fingerprint density at radius 2 is 1.70 bits per heavy atom. The summed E-state index contributed by atoms with van der Waals surface area (Å²) in [5.74, 6) is -0.982. The molecule has 0 aliphatic heterocycles. The predicted octanol–water partition coefficient (Wildman–Crippen LogP) is 7.39. The normalized spacial score (nSPS) is 12.6. The van der Waals surface area contributed by atoms with Gasteiger partial charge in [0, 0.05) is 5.02 Å². The van der Waals surface area contributed by atoms with Crippen molar-refractivity contribution < 1.29 is 8.78 Å². The number of halogens is 3. The molecule has 3 aromatic carbocycles. The topological polar surface area (TPSA) is 0 Å². The van der Waals surface area contributed by atoms with E-state index in [9.17, 15) is 4.39 Å². The van der Waals surface area contributed by atoms with Gasteiger partial charge < -0.3 is 0 Å². The van der Waals surface area contributed by atoms with Crippen molar-refractivity contribution in [3.05, 3.63) is 81.9 Å². The lowest BCUT2D eigenvalue weighted by Crippen LogP contribution is -2.09. The highest BCUT2D eigenvalue weighted by Crippen LogP contribution is 2.40. The van der Waals surface area contributed by atoms with Crippen LogP contribution in [0.15, 0.2) is 48.5 Å². The summed E-state index contributed by atoms with van der Waals surface area (Å²) in [6.07, 6.45) is 4.74. The highest BCUT2D eigenvalue weighted by molar-refractivity contribution is 6.30. The molecule has 0 spiro atoms. The number of fused-ring (bicyclic) bond motifs is 3. The first-order chi connectivity index (χ1) is 13.1. The first-order valence-electron chi connectivity index (χ1n) is 9.47. The molecule has 27 heavy (non-hydrogen) atoms. The van der Waals surface area contributed by atoms with Crippen LogP contribution in [0.2, 0.25) is 5.02 Å². The van der Waals surface area contributed by atoms with E-state index >= 15 is 4.39 Å². The quantitative estimate of drug-likeness (QED) is 0.441. The second kappa shape index (κ2) is 7.44. The number of aryl methyl sites for hydroxylation is 2. The molecule has 0 aromatic heterocycles. The first-order valence-corrected chi connectivity index (χ1v) is 9.85. The molecule has 4 rings (SSSR count). The van der Waals surface area contributed by atoms with Crippen molar-refractivity contribution >= 4 is 11.6 Å². The van der Waals surface area contributed by atoms with Crippen molar-refractivity contribution in [2.45, 2.75) is 39.0 Å². The Kier molecular flexibility index (Phi) is 5.01. The minimum Gasteiger partial charge on any atom is -0.206 e. The summed E-state index contributed by atoms with van der Waals surface area (Å²) in [6, 6.07) is 14.4. The van der Waals surface area contributed by atoms with Gasteiger partial charge in [-0.2, -0.15) is 0 Å². The lowest BCUT2D eigenvalue weighted by atomic mass is 9.82. The zero-order chi connectivity index (χ0) is 19.0. The molecule has 138 valence electrons. The molecule has 3 heteroatoms. The third-order valence-electron chi connectivity index (χ3n) is 5.38. The number of unbranched alkanes of at least 4 members (excludes halogenated alkanes) is 1. The molecule has 0 amide bonds. The van der Waals surface area contributed by atoms with Crippen LogP contribution < -0.4 is 0 Å². The summed E-state index contributed by atoms with van der Waals surface area (Å²) in [5.41, 5.74) is 5.29. The maximum absolute atomic E-state index is 15.3. The second-order valence-corrected chi connectivity index (χ2v) is 7.61. The van der Waals surface area contributed by atoms with Gasteiger partial charge in [0.05, 0.1) is 5.56 Å². The van der Waals surface area contributed by atoms with Gasteiger partial charge >= 0.3 is 0 Å². The molecule has 3 aromatic rings. The molecule has 0 N–H and O–H groups in total. The largest absolute Gasteiger partial charge is 0.206 e. The molecule has 1 aliphatic rings. The van der Waals surface area contributed by atoms with E-state index in [2.05, 4.69) is 19.1 Å². The number of benzene rings is 3. The summed E-state index contributed by atoms with van der Waals surface area (Å²) in [4.78, 5) is 0. The van der Waals surface area contributed by atoms with E-state index in [0.29, 0.717) is 28.1 Å². The van der Waals surface area contributed by atoms with E-state index in [1.54, 1.807) is 24.3 Å². The van der Waals surface area contributed by atoms with Gasteiger partial charge in [-0.05, 0) is 77.3 Å². The van der Waals surface area contributed by atoms with Gasteiger partial charge in [0.25, 0.3) is 0 Å². The fourth-order valence-electron chi connectivity index (χ4n) is 3.94. The fraction of sp³-hybridized carbons (Fsp3) is 0.250. The van der Waals surface area contributed by atoms with Gasteiger partial charge in [0.15, 0.2) is 0 Å². The van der Waals surface area contributed by atoms with Crippen molar-refractivity contribution in [3.63, 3.8) is 0 Å². The maximum atomic E-state index is 15.3. The fourth-order valence-corrected chi connectivity index (χ4v) is 4.06. The summed E-state index contributed by atoms with van der Waals surface area (Å²) < 4.78 is 30.2. The van der Waals surface area contributed by atoms with E-state index < -0.39 is 11.6 Å². The molecule has 0 saturated carbocycles. The Morgan fingerprint density at radius 3 is 2.44 bits per heavy atom. The molecule has 1 aliphatic carbocycles. The molecule has 0 radical (unpaired) electrons. The van der Waals surface area contributed by atoms with E-state index in [1.165, 1.54) is 17.2 Å². The highest BCUT2D eigenvalue weighted by atomic mass is 35.5. The van der Waals surface area contributed by atoms with Gasteiger partial charge in [-0.15, -0.1) is 0 Å². The standard InChI is InChI=1S/C24H21ClF2/c1-2-3-4-15-5-11-19-17(13-15)8-12-20-21(19)14-22(26)23(24(20)27)16-6-9-18(25)10-7-16/h5-7,9-11,13-14H,2-4,8,12H2,1H3. The average molecular weight is 383 g/mol. The van der Waals surface area contributed by atoms with Crippen molar-refractivity contribution in [2.75, 3.05) is 0 Å². The Bertz CT molecular complexity index is 990. The number of rotatable bonds is 4. The molecule has 0 saturated heterocycles. The number of hydrogen-bond donors (Lipinski definition) is 0. The van der Waals surface area contributed by atoms with Crippen LogP contribution in [0.1, 0.15) is 36.5 Å². The third-order valence-corrected chi connectivity index (χ3v) is 5.63. The third kappa shape index (κ3) is 3.39. The summed E-state index contributed by atoms with van der Waals surface area (Å²) in [5, 5.41) is 0.547. The Balaban J connectivity index is 1.80. The molecule has 0 bridgehead atoms. The van der Waals surface area contributed by atoms with Crippen LogP contribution in [0.3, 0.4) is 0 Å². The minimum atomic E-state index is -0.531. The Labute approximate surface area is 163 Å². The zero-order valence-corrected chi connectivity index (χ0v) is 16.0. The highest BCUT2D eigenvalue weighted by Gasteiger charge is 2.25. The smallest absolute Gasteiger partial charge is 0.137 e. The SMILES string of the molecule is CCCCc1ccc2c(c1)CCc1c-2cc(F)c(-c2ccc(Cl)cc2)c1F. The molecule has 0 unspecified atom stereocenters. The first kappa shape index (κ1) is 18.2. The molecule has 0 nitrogen and oxygen atoms in total. The summed E-state index contributed by atoms with van der Waals surface area (Å²) in [7, 11) is 0. The predicted molar refractivity (Wildman–Crippen MR) is 108 cm³/mol. The lowest BCUT2D eigenvalue weighted by molar-refractivity contribution is 0.577. The lowest BCUT2D eigenvalue weighted by Gasteiger charge is -2.23. The van der Waals surface area contributed by atoms with E-state index in [0.717, 1.165) is 31.2 Å². The molecule has 0 atom stereocenters. The van der Waals surface area contributed by atoms with Crippen molar-refractivity contribution in [3.8, 4) is 22.3 Å². The minimum absolute atomic E-state index is 0.0356. The number of hydrogen-bond acceptors (Lipinski definition) is 0. The van der Waals surface area contributed by atoms with Crippen LogP contribution in [0, 0.1) is 11.6 Å². The van der Waals surface area contributed by atoms with E-state index in [-0.39, 0.29) is 5.56 Å². The van der Waals surface area contributed by atoms with Crippen molar-refractivity contribution in [2.24, 2.45) is 0 Å². The van der Waals surface area contributed by atoms with Gasteiger partial charge in [-0.25, -0.2) is 8.78 Å². The maximum Gasteiger partial charge on any atom is 0.137 e. The molecular formula is C24H21ClF2. The van der Waals surface area contributed by atoms with Gasteiger partial charge in [0.2, 0.25) is 0 Å². The molecule has 0 fully saturated rings. The van der Waals surface area contributed by atoms with Crippen LogP contribution in [0.5, 0.6) is 0 Å². The van der Waals surface area contributed by atoms with Crippen molar-refractivity contribution in [1.29, 1.82) is 0 Å². The van der Waals surface area contributed by atoms with Crippen LogP contribution in [0.4, 0.5) is 8.78 Å². The van der Waals surface area contributed by atoms with Crippen LogP contribution in [0.25, 0.3) is 22.3 Å². The van der Waals surface area contributed by atoms with Crippen molar-refractivity contribution in [1.82, 2.24) is 0 Å². The average Bonchev–Trinajstić information content (AvgIpc) is 2.67. The van der Waals surface area contributed by atoms with Crippen LogP contribution >= 0.6 is 11.6 Å². The monoisotopic (exact) mass is 382 g/mol. The van der Waals surface area contributed by atoms with E-state index in [1.807, 2.05) is 6.07 Å². The van der Waals surface area contributed by atoms with E-state index in [4.69, 9.17) is 11.6 Å². The zero-order valence-electron chi connectivity index (χ0n) is 15.3. The molecular weight excluding hydrogens is 362 g/mol. The summed E-state index contributed by atoms with van der Waals surface area (Å²) in [6.45, 7) is 2.18. The Morgan fingerprint density at radius 1 is 0.926 bits per heavy atom. The van der Waals surface area contributed by atoms with Gasteiger partial charge in [-0.1, -0.05) is 55.3 Å². The molecule has 0 heterocycles. The van der Waals surface area contributed by atoms with Gasteiger partial charge in [-0.3, -0.25) is 0 Å².